The van der Waals surface area contributed by atoms with Crippen molar-refractivity contribution in [3.8, 4) is 0 Å². The fraction of sp³-hybridized carbons (Fsp3) is 0.292. The minimum Gasteiger partial charge on any atom is -0.397 e. The van der Waals surface area contributed by atoms with Crippen LogP contribution in [0.15, 0.2) is 54.9 Å². The van der Waals surface area contributed by atoms with E-state index >= 15 is 0 Å². The number of nitrogens with zero attached hydrogens (tertiary/aromatic N) is 3. The molecular weight excluding hydrogens is 388 g/mol. The van der Waals surface area contributed by atoms with Crippen LogP contribution in [-0.4, -0.2) is 35.0 Å². The Bertz CT molecular complexity index is 1130. The number of piperidine rings is 1. The minimum atomic E-state index is -0.353. The third kappa shape index (κ3) is 4.67. The van der Waals surface area contributed by atoms with Gasteiger partial charge in [-0.05, 0) is 49.9 Å². The number of hydrogen-bond acceptors (Lipinski definition) is 6. The van der Waals surface area contributed by atoms with Gasteiger partial charge < -0.3 is 21.7 Å². The van der Waals surface area contributed by atoms with Crippen LogP contribution in [0.25, 0.3) is 10.9 Å². The zero-order valence-corrected chi connectivity index (χ0v) is 17.7. The van der Waals surface area contributed by atoms with Crippen LogP contribution in [-0.2, 0) is 6.42 Å². The predicted octanol–water partition coefficient (Wildman–Crippen LogP) is 3.51. The Morgan fingerprint density at radius 1 is 1.32 bits per heavy atom. The summed E-state index contributed by atoms with van der Waals surface area (Å²) in [6.07, 6.45) is 10.3. The van der Waals surface area contributed by atoms with Gasteiger partial charge in [0.05, 0.1) is 28.8 Å². The highest BCUT2D eigenvalue weighted by Crippen LogP contribution is 2.28. The second-order valence-electron chi connectivity index (χ2n) is 7.92. The number of hydrogen-bond donors (Lipinski definition) is 3. The first-order valence-corrected chi connectivity index (χ1v) is 10.6. The zero-order chi connectivity index (χ0) is 21.8. The summed E-state index contributed by atoms with van der Waals surface area (Å²) in [6.45, 7) is 3.64. The van der Waals surface area contributed by atoms with E-state index in [4.69, 9.17) is 11.5 Å². The Kier molecular flexibility index (Phi) is 6.13. The molecule has 0 aliphatic carbocycles. The van der Waals surface area contributed by atoms with Crippen molar-refractivity contribution >= 4 is 33.9 Å². The van der Waals surface area contributed by atoms with Crippen molar-refractivity contribution in [2.45, 2.75) is 32.2 Å². The highest BCUT2D eigenvalue weighted by Gasteiger charge is 2.21. The lowest BCUT2D eigenvalue weighted by Crippen LogP contribution is -2.43. The van der Waals surface area contributed by atoms with E-state index in [-0.39, 0.29) is 17.6 Å². The average Bonchev–Trinajstić information content (AvgIpc) is 2.77. The van der Waals surface area contributed by atoms with Gasteiger partial charge in [0.1, 0.15) is 0 Å². The van der Waals surface area contributed by atoms with Crippen molar-refractivity contribution in [1.82, 2.24) is 9.97 Å². The molecule has 1 atom stereocenters. The molecule has 31 heavy (non-hydrogen) atoms. The number of amides is 1. The third-order valence-corrected chi connectivity index (χ3v) is 5.56. The molecule has 7 heteroatoms. The lowest BCUT2D eigenvalue weighted by Gasteiger charge is -2.33. The maximum atomic E-state index is 13.1. The molecule has 1 unspecified atom stereocenters. The van der Waals surface area contributed by atoms with Crippen LogP contribution in [0.5, 0.6) is 0 Å². The van der Waals surface area contributed by atoms with E-state index < -0.39 is 0 Å². The normalized spacial score (nSPS) is 16.7. The number of carbonyl (C=O) groups is 1. The van der Waals surface area contributed by atoms with Gasteiger partial charge in [0.15, 0.2) is 5.69 Å². The fourth-order valence-corrected chi connectivity index (χ4v) is 3.96. The molecule has 160 valence electrons. The monoisotopic (exact) mass is 416 g/mol. The molecule has 1 saturated heterocycles. The number of anilines is 3. The lowest BCUT2D eigenvalue weighted by atomic mass is 10.1. The van der Waals surface area contributed by atoms with Crippen LogP contribution in [0.4, 0.5) is 17.1 Å². The van der Waals surface area contributed by atoms with Gasteiger partial charge in [-0.3, -0.25) is 9.78 Å². The Morgan fingerprint density at radius 3 is 3.00 bits per heavy atom. The van der Waals surface area contributed by atoms with Crippen LogP contribution in [0.1, 0.15) is 35.8 Å². The van der Waals surface area contributed by atoms with Gasteiger partial charge in [0.25, 0.3) is 5.91 Å². The molecule has 5 N–H and O–H groups in total. The highest BCUT2D eigenvalue weighted by molar-refractivity contribution is 6.09. The summed E-state index contributed by atoms with van der Waals surface area (Å²) in [5.74, 6) is -0.353. The number of benzene rings is 1. The highest BCUT2D eigenvalue weighted by atomic mass is 16.1. The minimum absolute atomic E-state index is 0.125. The second kappa shape index (κ2) is 9.14. The van der Waals surface area contributed by atoms with Gasteiger partial charge >= 0.3 is 0 Å². The average molecular weight is 417 g/mol. The number of nitrogens with one attached hydrogen (secondary N) is 1. The van der Waals surface area contributed by atoms with Crippen molar-refractivity contribution in [1.29, 1.82) is 0 Å². The van der Waals surface area contributed by atoms with Crippen molar-refractivity contribution in [2.24, 2.45) is 5.73 Å². The number of allylic oxidation sites excluding steroid dienone is 2. The fourth-order valence-electron chi connectivity index (χ4n) is 3.96. The number of nitrogens with two attached hydrogens (primary N) is 2. The quantitative estimate of drug-likeness (QED) is 0.549. The van der Waals surface area contributed by atoms with Crippen molar-refractivity contribution in [3.63, 3.8) is 0 Å². The van der Waals surface area contributed by atoms with E-state index in [1.54, 1.807) is 18.5 Å². The van der Waals surface area contributed by atoms with Crippen LogP contribution >= 0.6 is 0 Å². The molecular formula is C24H28N6O. The zero-order valence-electron chi connectivity index (χ0n) is 17.7. The molecule has 1 fully saturated rings. The van der Waals surface area contributed by atoms with Crippen molar-refractivity contribution in [3.05, 3.63) is 66.1 Å². The number of rotatable bonds is 5. The Hall–Kier alpha value is -3.45. The van der Waals surface area contributed by atoms with Gasteiger partial charge in [0, 0.05) is 30.7 Å². The summed E-state index contributed by atoms with van der Waals surface area (Å²) in [5, 5.41) is 3.86. The summed E-state index contributed by atoms with van der Waals surface area (Å²) in [5.41, 5.74) is 16.3. The van der Waals surface area contributed by atoms with Gasteiger partial charge in [-0.2, -0.15) is 0 Å². The molecule has 0 saturated carbocycles. The topological polar surface area (TPSA) is 110 Å². The molecule has 0 radical (unpaired) electrons. The molecule has 2 aromatic heterocycles. The number of fused-ring (bicyclic) bond motifs is 1. The largest absolute Gasteiger partial charge is 0.397 e. The smallest absolute Gasteiger partial charge is 0.276 e. The van der Waals surface area contributed by atoms with Gasteiger partial charge in [0.2, 0.25) is 0 Å². The maximum absolute atomic E-state index is 13.1. The van der Waals surface area contributed by atoms with Gasteiger partial charge in [-0.15, -0.1) is 0 Å². The summed E-state index contributed by atoms with van der Waals surface area (Å²) >= 11 is 0. The molecule has 1 aliphatic rings. The molecule has 1 amide bonds. The SMILES string of the molecule is CC=CCc1ccc2cc(N)c(C(=O)Nc3cnccc3N3CCCC(N)C3)nc2c1. The number of aromatic nitrogens is 2. The van der Waals surface area contributed by atoms with Crippen LogP contribution in [0.2, 0.25) is 0 Å². The number of nitrogen functional groups attached to an aromatic ring is 1. The third-order valence-electron chi connectivity index (χ3n) is 5.56. The van der Waals surface area contributed by atoms with E-state index in [0.29, 0.717) is 11.4 Å². The van der Waals surface area contributed by atoms with E-state index in [2.05, 4.69) is 32.3 Å². The first-order valence-electron chi connectivity index (χ1n) is 10.6. The summed E-state index contributed by atoms with van der Waals surface area (Å²) in [4.78, 5) is 24.1. The van der Waals surface area contributed by atoms with Crippen LogP contribution < -0.4 is 21.7 Å². The molecule has 3 heterocycles. The molecule has 1 aromatic carbocycles. The molecule has 0 bridgehead atoms. The first kappa shape index (κ1) is 20.8. The van der Waals surface area contributed by atoms with E-state index in [0.717, 1.165) is 54.5 Å². The van der Waals surface area contributed by atoms with E-state index in [9.17, 15) is 4.79 Å². The van der Waals surface area contributed by atoms with Crippen molar-refractivity contribution in [2.75, 3.05) is 29.0 Å². The van der Waals surface area contributed by atoms with Gasteiger partial charge in [-0.1, -0.05) is 24.3 Å². The van der Waals surface area contributed by atoms with Crippen molar-refractivity contribution < 1.29 is 4.79 Å². The van der Waals surface area contributed by atoms with E-state index in [1.807, 2.05) is 31.2 Å². The molecule has 7 nitrogen and oxygen atoms in total. The van der Waals surface area contributed by atoms with E-state index in [1.165, 1.54) is 0 Å². The van der Waals surface area contributed by atoms with Crippen LogP contribution in [0.3, 0.4) is 0 Å². The first-order chi connectivity index (χ1) is 15.0. The molecule has 4 rings (SSSR count). The summed E-state index contributed by atoms with van der Waals surface area (Å²) in [6, 6.07) is 9.85. The predicted molar refractivity (Wildman–Crippen MR) is 126 cm³/mol. The maximum Gasteiger partial charge on any atom is 0.276 e. The Morgan fingerprint density at radius 2 is 2.19 bits per heavy atom. The summed E-state index contributed by atoms with van der Waals surface area (Å²) < 4.78 is 0. The second-order valence-corrected chi connectivity index (χ2v) is 7.92. The van der Waals surface area contributed by atoms with Crippen LogP contribution in [0, 0.1) is 0 Å². The molecule has 0 spiro atoms. The molecule has 3 aromatic rings. The lowest BCUT2D eigenvalue weighted by molar-refractivity contribution is 0.102. The Labute approximate surface area is 182 Å². The Balaban J connectivity index is 1.62. The number of carbonyl (C=O) groups excluding carboxylic acids is 1. The van der Waals surface area contributed by atoms with Gasteiger partial charge in [-0.25, -0.2) is 4.98 Å². The standard InChI is InChI=1S/C24H28N6O/c1-2-3-5-16-7-8-17-13-19(26)23(28-20(17)12-16)24(31)29-21-14-27-10-9-22(21)30-11-4-6-18(25)15-30/h2-3,7-10,12-14,18H,4-6,11,15,25-26H2,1H3,(H,29,31). The number of pyridine rings is 2. The molecule has 1 aliphatic heterocycles. The summed E-state index contributed by atoms with van der Waals surface area (Å²) in [7, 11) is 0.